The molecule has 1 aromatic heterocycles. The third-order valence-corrected chi connectivity index (χ3v) is 7.99. The number of carbonyl (C=O) groups is 1. The molecule has 0 aliphatic carbocycles. The molecule has 4 aromatic rings. The fourth-order valence-electron chi connectivity index (χ4n) is 4.45. The summed E-state index contributed by atoms with van der Waals surface area (Å²) in [5.41, 5.74) is 3.90. The molecule has 5 rings (SSSR count). The molecule has 0 radical (unpaired) electrons. The summed E-state index contributed by atoms with van der Waals surface area (Å²) in [5.74, 6) is -0.0880. The number of benzene rings is 3. The molecule has 1 amide bonds. The summed E-state index contributed by atoms with van der Waals surface area (Å²) in [5, 5.41) is 40.3. The molecule has 3 aromatic carbocycles. The smallest absolute Gasteiger partial charge is 0.243 e. The van der Waals surface area contributed by atoms with Gasteiger partial charge >= 0.3 is 0 Å². The molecule has 3 atom stereocenters. The minimum Gasteiger partial charge on any atom is -0.508 e. The fraction of sp³-hybridized carbons (Fsp3) is 0.138. The summed E-state index contributed by atoms with van der Waals surface area (Å²) >= 11 is 7.26. The number of hydrogen-bond acceptors (Lipinski definition) is 7. The molecular weight excluding hydrogens is 522 g/mol. The second kappa shape index (κ2) is 10.8. The van der Waals surface area contributed by atoms with E-state index < -0.39 is 17.4 Å². The lowest BCUT2D eigenvalue weighted by Crippen LogP contribution is -2.57. The molecule has 1 aliphatic rings. The third-order valence-electron chi connectivity index (χ3n) is 6.41. The van der Waals surface area contributed by atoms with Gasteiger partial charge in [-0.2, -0.15) is 5.26 Å². The number of amides is 1. The number of aliphatic hydroxyl groups excluding tert-OH is 1. The molecule has 0 spiro atoms. The van der Waals surface area contributed by atoms with Gasteiger partial charge in [0.1, 0.15) is 22.8 Å². The largest absolute Gasteiger partial charge is 0.508 e. The molecule has 2 heterocycles. The Labute approximate surface area is 228 Å². The average molecular weight is 544 g/mol. The Morgan fingerprint density at radius 1 is 1.00 bits per heavy atom. The quantitative estimate of drug-likeness (QED) is 0.259. The molecule has 1 saturated heterocycles. The van der Waals surface area contributed by atoms with Crippen molar-refractivity contribution in [3.63, 3.8) is 0 Å². The van der Waals surface area contributed by atoms with Crippen molar-refractivity contribution in [2.45, 2.75) is 17.4 Å². The number of nitriles is 1. The lowest BCUT2D eigenvalue weighted by molar-refractivity contribution is -0.123. The molecule has 0 saturated carbocycles. The summed E-state index contributed by atoms with van der Waals surface area (Å²) in [7, 11) is 0. The van der Waals surface area contributed by atoms with Crippen LogP contribution in [0.4, 0.5) is 5.69 Å². The fourth-order valence-corrected chi connectivity index (χ4v) is 5.86. The zero-order valence-corrected chi connectivity index (χ0v) is 21.5. The van der Waals surface area contributed by atoms with E-state index in [-0.39, 0.29) is 23.2 Å². The number of hydrogen-bond donors (Lipinski definition) is 3. The van der Waals surface area contributed by atoms with Gasteiger partial charge in [0, 0.05) is 46.0 Å². The minimum absolute atomic E-state index is 0.0802. The molecular formula is C29H22ClN3O4S. The van der Waals surface area contributed by atoms with Crippen molar-refractivity contribution in [3.8, 4) is 28.7 Å². The highest BCUT2D eigenvalue weighted by molar-refractivity contribution is 8.00. The van der Waals surface area contributed by atoms with E-state index in [1.807, 2.05) is 12.1 Å². The summed E-state index contributed by atoms with van der Waals surface area (Å²) in [6.07, 6.45) is 2.36. The molecule has 38 heavy (non-hydrogen) atoms. The van der Waals surface area contributed by atoms with Crippen LogP contribution in [-0.4, -0.2) is 37.2 Å². The van der Waals surface area contributed by atoms with E-state index in [0.717, 1.165) is 11.1 Å². The Morgan fingerprint density at radius 3 is 2.42 bits per heavy atom. The summed E-state index contributed by atoms with van der Waals surface area (Å²) in [6, 6.07) is 21.8. The number of aromatic hydroxyl groups is 2. The maximum Gasteiger partial charge on any atom is 0.243 e. The van der Waals surface area contributed by atoms with Gasteiger partial charge in [0.25, 0.3) is 0 Å². The monoisotopic (exact) mass is 543 g/mol. The lowest BCUT2D eigenvalue weighted by Gasteiger charge is -2.47. The molecule has 7 nitrogen and oxygen atoms in total. The number of pyridine rings is 1. The summed E-state index contributed by atoms with van der Waals surface area (Å²) in [6.45, 7) is 0. The SMILES string of the molecule is N#Cc1cncc(-c2ccc(N3C(=O)[C@H](SC[C@H](O)c4ccc(Cl)cc4)[C@H]3c3ccc(O)cc3O)cc2)c1. The van der Waals surface area contributed by atoms with Gasteiger partial charge in [0.05, 0.1) is 17.7 Å². The molecule has 0 unspecified atom stereocenters. The number of rotatable bonds is 7. The van der Waals surface area contributed by atoms with E-state index >= 15 is 0 Å². The van der Waals surface area contributed by atoms with Crippen LogP contribution in [0.3, 0.4) is 0 Å². The third kappa shape index (κ3) is 5.04. The highest BCUT2D eigenvalue weighted by atomic mass is 35.5. The van der Waals surface area contributed by atoms with E-state index in [1.165, 1.54) is 30.1 Å². The number of phenolic OH excluding ortho intramolecular Hbond substituents is 2. The van der Waals surface area contributed by atoms with Crippen LogP contribution in [0.1, 0.15) is 28.8 Å². The molecule has 9 heteroatoms. The second-order valence-corrected chi connectivity index (χ2v) is 10.4. The van der Waals surface area contributed by atoms with Crippen LogP contribution in [-0.2, 0) is 4.79 Å². The molecule has 190 valence electrons. The Kier molecular flexibility index (Phi) is 7.25. The Morgan fingerprint density at radius 2 is 1.74 bits per heavy atom. The number of halogens is 1. The first-order chi connectivity index (χ1) is 18.4. The lowest BCUT2D eigenvalue weighted by atomic mass is 9.91. The van der Waals surface area contributed by atoms with Gasteiger partial charge in [-0.1, -0.05) is 35.9 Å². The summed E-state index contributed by atoms with van der Waals surface area (Å²) < 4.78 is 0. The van der Waals surface area contributed by atoms with Gasteiger partial charge in [0.2, 0.25) is 5.91 Å². The maximum atomic E-state index is 13.4. The van der Waals surface area contributed by atoms with Gasteiger partial charge in [-0.3, -0.25) is 9.78 Å². The molecule has 1 fully saturated rings. The predicted molar refractivity (Wildman–Crippen MR) is 147 cm³/mol. The van der Waals surface area contributed by atoms with Crippen molar-refractivity contribution in [1.29, 1.82) is 5.26 Å². The Hall–Kier alpha value is -4.03. The van der Waals surface area contributed by atoms with Crippen molar-refractivity contribution in [3.05, 3.63) is 107 Å². The predicted octanol–water partition coefficient (Wildman–Crippen LogP) is 5.61. The van der Waals surface area contributed by atoms with Gasteiger partial charge in [-0.15, -0.1) is 11.8 Å². The number of carbonyl (C=O) groups excluding carboxylic acids is 1. The highest BCUT2D eigenvalue weighted by Gasteiger charge is 2.50. The van der Waals surface area contributed by atoms with Crippen molar-refractivity contribution in [2.75, 3.05) is 10.7 Å². The first-order valence-electron chi connectivity index (χ1n) is 11.7. The molecule has 0 bridgehead atoms. The number of aromatic nitrogens is 1. The average Bonchev–Trinajstić information content (AvgIpc) is 2.93. The number of nitrogens with zero attached hydrogens (tertiary/aromatic N) is 3. The van der Waals surface area contributed by atoms with Crippen LogP contribution in [0, 0.1) is 11.3 Å². The highest BCUT2D eigenvalue weighted by Crippen LogP contribution is 2.48. The Bertz CT molecular complexity index is 1520. The van der Waals surface area contributed by atoms with Crippen LogP contribution in [0.2, 0.25) is 5.02 Å². The van der Waals surface area contributed by atoms with Crippen LogP contribution in [0.25, 0.3) is 11.1 Å². The zero-order valence-electron chi connectivity index (χ0n) is 19.9. The van der Waals surface area contributed by atoms with Gasteiger partial charge in [0.15, 0.2) is 0 Å². The van der Waals surface area contributed by atoms with Crippen LogP contribution >= 0.6 is 23.4 Å². The minimum atomic E-state index is -0.801. The zero-order chi connectivity index (χ0) is 26.8. The van der Waals surface area contributed by atoms with Crippen LogP contribution < -0.4 is 4.90 Å². The van der Waals surface area contributed by atoms with E-state index in [2.05, 4.69) is 11.1 Å². The van der Waals surface area contributed by atoms with Crippen molar-refractivity contribution >= 4 is 35.0 Å². The topological polar surface area (TPSA) is 118 Å². The molecule has 3 N–H and O–H groups in total. The maximum absolute atomic E-state index is 13.4. The first-order valence-corrected chi connectivity index (χ1v) is 13.1. The normalized spacial score (nSPS) is 17.5. The number of anilines is 1. The van der Waals surface area contributed by atoms with Crippen LogP contribution in [0.15, 0.2) is 85.2 Å². The van der Waals surface area contributed by atoms with E-state index in [1.54, 1.807) is 59.6 Å². The van der Waals surface area contributed by atoms with Gasteiger partial charge < -0.3 is 20.2 Å². The standard InChI is InChI=1S/C29H22ClN3O4S/c30-21-5-1-19(2-6-21)26(36)16-38-28-27(24-10-9-23(34)12-25(24)35)33(29(28)37)22-7-3-18(4-8-22)20-11-17(13-31)14-32-15-20/h1-12,14-15,26-28,34-36H,16H2/t26-,27+,28+/m0/s1. The van der Waals surface area contributed by atoms with E-state index in [4.69, 9.17) is 16.9 Å². The van der Waals surface area contributed by atoms with Gasteiger partial charge in [-0.05, 0) is 53.6 Å². The van der Waals surface area contributed by atoms with Crippen molar-refractivity contribution in [1.82, 2.24) is 4.98 Å². The number of thioether (sulfide) groups is 1. The van der Waals surface area contributed by atoms with Crippen molar-refractivity contribution in [2.24, 2.45) is 0 Å². The Balaban J connectivity index is 1.41. The number of phenols is 2. The second-order valence-electron chi connectivity index (χ2n) is 8.84. The van der Waals surface area contributed by atoms with E-state index in [9.17, 15) is 20.1 Å². The molecule has 1 aliphatic heterocycles. The number of aliphatic hydroxyl groups is 1. The summed E-state index contributed by atoms with van der Waals surface area (Å²) in [4.78, 5) is 19.1. The van der Waals surface area contributed by atoms with Crippen LogP contribution in [0.5, 0.6) is 11.5 Å². The van der Waals surface area contributed by atoms with Crippen molar-refractivity contribution < 1.29 is 20.1 Å². The number of β-lactam (4-membered cyclic amide) rings is 1. The van der Waals surface area contributed by atoms with Gasteiger partial charge in [-0.25, -0.2) is 0 Å². The van der Waals surface area contributed by atoms with E-state index in [0.29, 0.717) is 27.4 Å². The first kappa shape index (κ1) is 25.6.